The van der Waals surface area contributed by atoms with Crippen molar-refractivity contribution in [2.45, 2.75) is 6.10 Å². The van der Waals surface area contributed by atoms with Crippen molar-refractivity contribution in [2.75, 3.05) is 7.11 Å². The molecule has 0 fully saturated rings. The second kappa shape index (κ2) is 5.87. The van der Waals surface area contributed by atoms with E-state index in [1.165, 1.54) is 7.11 Å². The highest BCUT2D eigenvalue weighted by molar-refractivity contribution is 6.30. The van der Waals surface area contributed by atoms with Crippen molar-refractivity contribution in [1.82, 2.24) is 0 Å². The molecule has 0 bridgehead atoms. The minimum atomic E-state index is -0.746. The average Bonchev–Trinajstić information content (AvgIpc) is 2.46. The first-order valence-electron chi connectivity index (χ1n) is 5.73. The summed E-state index contributed by atoms with van der Waals surface area (Å²) in [6, 6.07) is 13.6. The number of hydrogen-bond donors (Lipinski definition) is 1. The third-order valence-corrected chi connectivity index (χ3v) is 3.09. The first-order chi connectivity index (χ1) is 9.11. The van der Waals surface area contributed by atoms with Crippen LogP contribution in [0.4, 0.5) is 0 Å². The van der Waals surface area contributed by atoms with Crippen LogP contribution in [0.1, 0.15) is 27.6 Å². The maximum atomic E-state index is 11.3. The van der Waals surface area contributed by atoms with Crippen LogP contribution in [0.2, 0.25) is 5.02 Å². The number of esters is 1. The van der Waals surface area contributed by atoms with Crippen molar-refractivity contribution >= 4 is 17.6 Å². The monoisotopic (exact) mass is 276 g/mol. The van der Waals surface area contributed by atoms with E-state index in [-0.39, 0.29) is 0 Å². The Morgan fingerprint density at radius 3 is 2.00 bits per heavy atom. The number of methoxy groups -OCH3 is 1. The molecule has 4 heteroatoms. The molecule has 1 unspecified atom stereocenters. The summed E-state index contributed by atoms with van der Waals surface area (Å²) in [5.74, 6) is -0.396. The molecule has 0 aromatic heterocycles. The zero-order chi connectivity index (χ0) is 13.8. The van der Waals surface area contributed by atoms with Gasteiger partial charge < -0.3 is 9.84 Å². The fraction of sp³-hybridized carbons (Fsp3) is 0.133. The SMILES string of the molecule is COC(=O)c1ccc(C(O)c2ccc(Cl)cc2)cc1. The minimum Gasteiger partial charge on any atom is -0.465 e. The third kappa shape index (κ3) is 3.13. The molecule has 2 aromatic carbocycles. The lowest BCUT2D eigenvalue weighted by Crippen LogP contribution is -2.03. The normalized spacial score (nSPS) is 11.9. The zero-order valence-electron chi connectivity index (χ0n) is 10.3. The van der Waals surface area contributed by atoms with E-state index in [0.29, 0.717) is 16.1 Å². The van der Waals surface area contributed by atoms with Gasteiger partial charge in [0.2, 0.25) is 0 Å². The van der Waals surface area contributed by atoms with E-state index in [1.54, 1.807) is 48.5 Å². The smallest absolute Gasteiger partial charge is 0.337 e. The van der Waals surface area contributed by atoms with Crippen LogP contribution in [-0.2, 0) is 4.74 Å². The Morgan fingerprint density at radius 2 is 1.53 bits per heavy atom. The fourth-order valence-corrected chi connectivity index (χ4v) is 1.88. The molecule has 0 aliphatic heterocycles. The first-order valence-corrected chi connectivity index (χ1v) is 6.11. The van der Waals surface area contributed by atoms with Gasteiger partial charge in [0.05, 0.1) is 12.7 Å². The molecule has 0 aliphatic carbocycles. The number of benzene rings is 2. The zero-order valence-corrected chi connectivity index (χ0v) is 11.1. The fourth-order valence-electron chi connectivity index (χ4n) is 1.76. The highest BCUT2D eigenvalue weighted by atomic mass is 35.5. The number of halogens is 1. The van der Waals surface area contributed by atoms with Crippen LogP contribution in [0.5, 0.6) is 0 Å². The molecular formula is C15H13ClO3. The molecule has 0 heterocycles. The van der Waals surface area contributed by atoms with Crippen LogP contribution in [0, 0.1) is 0 Å². The number of carbonyl (C=O) groups excluding carboxylic acids is 1. The molecule has 98 valence electrons. The molecule has 0 saturated carbocycles. The summed E-state index contributed by atoms with van der Waals surface area (Å²) in [4.78, 5) is 11.3. The second-order valence-corrected chi connectivity index (χ2v) is 4.50. The molecule has 0 amide bonds. The number of carbonyl (C=O) groups is 1. The minimum absolute atomic E-state index is 0.396. The third-order valence-electron chi connectivity index (χ3n) is 2.83. The number of rotatable bonds is 3. The maximum Gasteiger partial charge on any atom is 0.337 e. The van der Waals surface area contributed by atoms with Crippen molar-refractivity contribution < 1.29 is 14.6 Å². The summed E-state index contributed by atoms with van der Waals surface area (Å²) in [6.45, 7) is 0. The van der Waals surface area contributed by atoms with Gasteiger partial charge in [-0.25, -0.2) is 4.79 Å². The van der Waals surface area contributed by atoms with Gasteiger partial charge in [0, 0.05) is 5.02 Å². The van der Waals surface area contributed by atoms with Gasteiger partial charge >= 0.3 is 5.97 Å². The Kier molecular flexibility index (Phi) is 4.20. The number of hydrogen-bond acceptors (Lipinski definition) is 3. The van der Waals surface area contributed by atoms with Crippen molar-refractivity contribution in [1.29, 1.82) is 0 Å². The van der Waals surface area contributed by atoms with Gasteiger partial charge in [-0.3, -0.25) is 0 Å². The maximum absolute atomic E-state index is 11.3. The molecule has 2 aromatic rings. The van der Waals surface area contributed by atoms with Gasteiger partial charge in [-0.05, 0) is 35.4 Å². The van der Waals surface area contributed by atoms with E-state index in [0.717, 1.165) is 5.56 Å². The molecule has 0 spiro atoms. The molecule has 19 heavy (non-hydrogen) atoms. The van der Waals surface area contributed by atoms with Gasteiger partial charge in [0.25, 0.3) is 0 Å². The predicted octanol–water partition coefficient (Wildman–Crippen LogP) is 3.21. The van der Waals surface area contributed by atoms with Crippen LogP contribution >= 0.6 is 11.6 Å². The van der Waals surface area contributed by atoms with Crippen LogP contribution in [-0.4, -0.2) is 18.2 Å². The number of aliphatic hydroxyl groups excluding tert-OH is 1. The molecular weight excluding hydrogens is 264 g/mol. The summed E-state index contributed by atoms with van der Waals surface area (Å²) in [5.41, 5.74) is 1.90. The molecule has 0 radical (unpaired) electrons. The Labute approximate surface area is 116 Å². The van der Waals surface area contributed by atoms with Crippen LogP contribution < -0.4 is 0 Å². The van der Waals surface area contributed by atoms with Crippen LogP contribution in [0.15, 0.2) is 48.5 Å². The van der Waals surface area contributed by atoms with Crippen molar-refractivity contribution in [3.05, 3.63) is 70.2 Å². The lowest BCUT2D eigenvalue weighted by molar-refractivity contribution is 0.0600. The predicted molar refractivity (Wildman–Crippen MR) is 73.3 cm³/mol. The second-order valence-electron chi connectivity index (χ2n) is 4.07. The number of aliphatic hydroxyl groups is 1. The quantitative estimate of drug-likeness (QED) is 0.876. The summed E-state index contributed by atoms with van der Waals surface area (Å²) < 4.78 is 4.62. The highest BCUT2D eigenvalue weighted by Gasteiger charge is 2.11. The van der Waals surface area contributed by atoms with Gasteiger partial charge in [-0.1, -0.05) is 35.9 Å². The Bertz CT molecular complexity index is 561. The van der Waals surface area contributed by atoms with Crippen LogP contribution in [0.3, 0.4) is 0 Å². The molecule has 0 saturated heterocycles. The lowest BCUT2D eigenvalue weighted by Gasteiger charge is -2.12. The van der Waals surface area contributed by atoms with E-state index in [4.69, 9.17) is 11.6 Å². The highest BCUT2D eigenvalue weighted by Crippen LogP contribution is 2.23. The molecule has 1 atom stereocenters. The van der Waals surface area contributed by atoms with E-state index in [9.17, 15) is 9.90 Å². The molecule has 2 rings (SSSR count). The van der Waals surface area contributed by atoms with Crippen LogP contribution in [0.25, 0.3) is 0 Å². The van der Waals surface area contributed by atoms with E-state index in [1.807, 2.05) is 0 Å². The summed E-state index contributed by atoms with van der Waals surface area (Å²) in [5, 5.41) is 10.8. The number of ether oxygens (including phenoxy) is 1. The summed E-state index contributed by atoms with van der Waals surface area (Å²) in [7, 11) is 1.33. The van der Waals surface area contributed by atoms with Gasteiger partial charge in [-0.2, -0.15) is 0 Å². The van der Waals surface area contributed by atoms with Gasteiger partial charge in [-0.15, -0.1) is 0 Å². The topological polar surface area (TPSA) is 46.5 Å². The van der Waals surface area contributed by atoms with Crippen molar-refractivity contribution in [3.8, 4) is 0 Å². The molecule has 0 aliphatic rings. The van der Waals surface area contributed by atoms with Gasteiger partial charge in [0.1, 0.15) is 6.10 Å². The van der Waals surface area contributed by atoms with E-state index in [2.05, 4.69) is 4.74 Å². The van der Waals surface area contributed by atoms with E-state index < -0.39 is 12.1 Å². The largest absolute Gasteiger partial charge is 0.465 e. The molecule has 1 N–H and O–H groups in total. The first kappa shape index (κ1) is 13.6. The molecule has 3 nitrogen and oxygen atoms in total. The Hall–Kier alpha value is -1.84. The van der Waals surface area contributed by atoms with Gasteiger partial charge in [0.15, 0.2) is 0 Å². The summed E-state index contributed by atoms with van der Waals surface area (Å²) >= 11 is 5.80. The summed E-state index contributed by atoms with van der Waals surface area (Å²) in [6.07, 6.45) is -0.746. The average molecular weight is 277 g/mol. The lowest BCUT2D eigenvalue weighted by atomic mass is 10.0. The standard InChI is InChI=1S/C15H13ClO3/c1-19-15(18)12-4-2-10(3-5-12)14(17)11-6-8-13(16)9-7-11/h2-9,14,17H,1H3. The Balaban J connectivity index is 2.22. The van der Waals surface area contributed by atoms with Crippen molar-refractivity contribution in [2.24, 2.45) is 0 Å². The van der Waals surface area contributed by atoms with Crippen molar-refractivity contribution in [3.63, 3.8) is 0 Å². The van der Waals surface area contributed by atoms with E-state index >= 15 is 0 Å². The Morgan fingerprint density at radius 1 is 1.05 bits per heavy atom.